The van der Waals surface area contributed by atoms with Gasteiger partial charge in [-0.05, 0) is 22.4 Å². The van der Waals surface area contributed by atoms with Gasteiger partial charge in [-0.3, -0.25) is 9.48 Å². The van der Waals surface area contributed by atoms with E-state index in [1.807, 2.05) is 16.8 Å². The molecule has 114 valence electrons. The quantitative estimate of drug-likeness (QED) is 0.825. The van der Waals surface area contributed by atoms with E-state index in [1.54, 1.807) is 0 Å². The third-order valence-corrected chi connectivity index (χ3v) is 5.35. The molecule has 0 atom stereocenters. The number of nitrogens with zero attached hydrogens (tertiary/aromatic N) is 3. The molecule has 7 nitrogen and oxygen atoms in total. The van der Waals surface area contributed by atoms with E-state index >= 15 is 0 Å². The standard InChI is InChI=1S/C12H15N3O4S2/c1-14(7-10-3-5-20-9-10)21(18,19)11-6-13-15(8-11)4-2-12(16)17/h3,5-6,8-9H,2,4,7H2,1H3,(H,16,17). The fourth-order valence-corrected chi connectivity index (χ4v) is 3.49. The van der Waals surface area contributed by atoms with Crippen molar-refractivity contribution in [3.8, 4) is 0 Å². The third-order valence-electron chi connectivity index (χ3n) is 2.86. The highest BCUT2D eigenvalue weighted by molar-refractivity contribution is 7.89. The first-order valence-electron chi connectivity index (χ1n) is 6.11. The second-order valence-electron chi connectivity index (χ2n) is 4.48. The van der Waals surface area contributed by atoms with Gasteiger partial charge in [0.1, 0.15) is 4.90 Å². The SMILES string of the molecule is CN(Cc1ccsc1)S(=O)(=O)c1cnn(CCC(=O)O)c1. The van der Waals surface area contributed by atoms with Gasteiger partial charge in [0, 0.05) is 19.8 Å². The Hall–Kier alpha value is -1.71. The Balaban J connectivity index is 2.10. The maximum absolute atomic E-state index is 12.4. The minimum Gasteiger partial charge on any atom is -0.481 e. The summed E-state index contributed by atoms with van der Waals surface area (Å²) in [5.41, 5.74) is 0.921. The summed E-state index contributed by atoms with van der Waals surface area (Å²) >= 11 is 1.51. The van der Waals surface area contributed by atoms with Gasteiger partial charge in [0.15, 0.2) is 0 Å². The molecule has 0 aromatic carbocycles. The van der Waals surface area contributed by atoms with Gasteiger partial charge in [0.05, 0.1) is 19.2 Å². The Labute approximate surface area is 126 Å². The van der Waals surface area contributed by atoms with Gasteiger partial charge in [0.2, 0.25) is 10.0 Å². The molecule has 0 saturated carbocycles. The Bertz CT molecular complexity index is 707. The molecule has 2 rings (SSSR count). The van der Waals surface area contributed by atoms with Gasteiger partial charge in [-0.25, -0.2) is 8.42 Å². The predicted molar refractivity (Wildman–Crippen MR) is 77.5 cm³/mol. The van der Waals surface area contributed by atoms with Gasteiger partial charge in [-0.2, -0.15) is 20.7 Å². The number of hydrogen-bond acceptors (Lipinski definition) is 5. The molecule has 9 heteroatoms. The number of carboxylic acids is 1. The molecule has 2 aromatic rings. The molecule has 1 N–H and O–H groups in total. The highest BCUT2D eigenvalue weighted by atomic mass is 32.2. The van der Waals surface area contributed by atoms with Crippen LogP contribution in [-0.2, 0) is 27.9 Å². The van der Waals surface area contributed by atoms with E-state index in [-0.39, 0.29) is 24.4 Å². The van der Waals surface area contributed by atoms with E-state index in [2.05, 4.69) is 5.10 Å². The van der Waals surface area contributed by atoms with Crippen molar-refractivity contribution in [1.82, 2.24) is 14.1 Å². The molecule has 2 aromatic heterocycles. The lowest BCUT2D eigenvalue weighted by atomic mass is 10.3. The average molecular weight is 329 g/mol. The second kappa shape index (κ2) is 6.37. The van der Waals surface area contributed by atoms with Gasteiger partial charge in [-0.15, -0.1) is 0 Å². The molecule has 0 aliphatic rings. The first kappa shape index (κ1) is 15.7. The first-order chi connectivity index (χ1) is 9.89. The normalized spacial score (nSPS) is 11.9. The number of aryl methyl sites for hydroxylation is 1. The average Bonchev–Trinajstić information content (AvgIpc) is 3.07. The number of aromatic nitrogens is 2. The van der Waals surface area contributed by atoms with Crippen molar-refractivity contribution in [3.63, 3.8) is 0 Å². The Morgan fingerprint density at radius 1 is 1.52 bits per heavy atom. The zero-order valence-electron chi connectivity index (χ0n) is 11.3. The number of aliphatic carboxylic acids is 1. The first-order valence-corrected chi connectivity index (χ1v) is 8.49. The van der Waals surface area contributed by atoms with Crippen LogP contribution in [0.5, 0.6) is 0 Å². The lowest BCUT2D eigenvalue weighted by Gasteiger charge is -2.15. The Kier molecular flexibility index (Phi) is 4.76. The monoisotopic (exact) mass is 329 g/mol. The van der Waals surface area contributed by atoms with Crippen molar-refractivity contribution in [3.05, 3.63) is 34.8 Å². The Morgan fingerprint density at radius 3 is 2.90 bits per heavy atom. The molecule has 0 aliphatic carbocycles. The minimum atomic E-state index is -3.63. The molecule has 0 spiro atoms. The second-order valence-corrected chi connectivity index (χ2v) is 7.30. The predicted octanol–water partition coefficient (Wildman–Crippen LogP) is 1.24. The van der Waals surface area contributed by atoms with Crippen LogP contribution in [0.2, 0.25) is 0 Å². The van der Waals surface area contributed by atoms with Crippen LogP contribution in [0, 0.1) is 0 Å². The summed E-state index contributed by atoms with van der Waals surface area (Å²) in [5.74, 6) is -0.954. The van der Waals surface area contributed by atoms with Gasteiger partial charge in [0.25, 0.3) is 0 Å². The summed E-state index contributed by atoms with van der Waals surface area (Å²) < 4.78 is 27.3. The molecular weight excluding hydrogens is 314 g/mol. The number of rotatable bonds is 7. The summed E-state index contributed by atoms with van der Waals surface area (Å²) in [6.07, 6.45) is 2.48. The molecule has 0 saturated heterocycles. The van der Waals surface area contributed by atoms with E-state index in [1.165, 1.54) is 39.8 Å². The molecule has 0 radical (unpaired) electrons. The third kappa shape index (κ3) is 3.90. The summed E-state index contributed by atoms with van der Waals surface area (Å²) in [5, 5.41) is 16.3. The van der Waals surface area contributed by atoms with Crippen LogP contribution >= 0.6 is 11.3 Å². The largest absolute Gasteiger partial charge is 0.481 e. The lowest BCUT2D eigenvalue weighted by Crippen LogP contribution is -2.26. The summed E-state index contributed by atoms with van der Waals surface area (Å²) in [6, 6.07) is 1.87. The molecule has 2 heterocycles. The van der Waals surface area contributed by atoms with Gasteiger partial charge in [-0.1, -0.05) is 0 Å². The summed E-state index contributed by atoms with van der Waals surface area (Å²) in [6.45, 7) is 0.422. The zero-order valence-corrected chi connectivity index (χ0v) is 13.0. The minimum absolute atomic E-state index is 0.0608. The number of thiophene rings is 1. The van der Waals surface area contributed by atoms with Crippen molar-refractivity contribution in [1.29, 1.82) is 0 Å². The fraction of sp³-hybridized carbons (Fsp3) is 0.333. The number of carbonyl (C=O) groups is 1. The topological polar surface area (TPSA) is 92.5 Å². The molecule has 21 heavy (non-hydrogen) atoms. The van der Waals surface area contributed by atoms with Crippen molar-refractivity contribution in [2.24, 2.45) is 0 Å². The molecule has 0 bridgehead atoms. The van der Waals surface area contributed by atoms with Crippen LogP contribution in [0.25, 0.3) is 0 Å². The van der Waals surface area contributed by atoms with E-state index in [0.717, 1.165) is 5.56 Å². The van der Waals surface area contributed by atoms with Crippen molar-refractivity contribution >= 4 is 27.3 Å². The van der Waals surface area contributed by atoms with Crippen molar-refractivity contribution < 1.29 is 18.3 Å². The summed E-state index contributed by atoms with van der Waals surface area (Å²) in [4.78, 5) is 10.6. The highest BCUT2D eigenvalue weighted by Gasteiger charge is 2.22. The fourth-order valence-electron chi connectivity index (χ4n) is 1.71. The molecule has 0 unspecified atom stereocenters. The van der Waals surface area contributed by atoms with Crippen LogP contribution in [0.1, 0.15) is 12.0 Å². The van der Waals surface area contributed by atoms with Crippen LogP contribution < -0.4 is 0 Å². The summed E-state index contributed by atoms with van der Waals surface area (Å²) in [7, 11) is -2.12. The maximum Gasteiger partial charge on any atom is 0.305 e. The van der Waals surface area contributed by atoms with Crippen LogP contribution in [0.3, 0.4) is 0 Å². The highest BCUT2D eigenvalue weighted by Crippen LogP contribution is 2.17. The van der Waals surface area contributed by atoms with E-state index in [9.17, 15) is 13.2 Å². The number of sulfonamides is 1. The zero-order chi connectivity index (χ0) is 15.5. The number of hydrogen-bond donors (Lipinski definition) is 1. The number of carboxylic acid groups (broad SMARTS) is 1. The van der Waals surface area contributed by atoms with Crippen molar-refractivity contribution in [2.45, 2.75) is 24.4 Å². The molecule has 0 aliphatic heterocycles. The van der Waals surface area contributed by atoms with Crippen molar-refractivity contribution in [2.75, 3.05) is 7.05 Å². The van der Waals surface area contributed by atoms with E-state index in [0.29, 0.717) is 0 Å². The van der Waals surface area contributed by atoms with Crippen LogP contribution in [0.4, 0.5) is 0 Å². The van der Waals surface area contributed by atoms with E-state index < -0.39 is 16.0 Å². The molecule has 0 amide bonds. The lowest BCUT2D eigenvalue weighted by molar-refractivity contribution is -0.137. The Morgan fingerprint density at radius 2 is 2.29 bits per heavy atom. The van der Waals surface area contributed by atoms with Crippen LogP contribution in [0.15, 0.2) is 34.1 Å². The molecular formula is C12H15N3O4S2. The van der Waals surface area contributed by atoms with Gasteiger partial charge < -0.3 is 5.11 Å². The van der Waals surface area contributed by atoms with E-state index in [4.69, 9.17) is 5.11 Å². The molecule has 0 fully saturated rings. The van der Waals surface area contributed by atoms with Gasteiger partial charge >= 0.3 is 5.97 Å². The smallest absolute Gasteiger partial charge is 0.305 e. The van der Waals surface area contributed by atoms with Crippen LogP contribution in [-0.4, -0.2) is 40.6 Å². The maximum atomic E-state index is 12.4.